The summed E-state index contributed by atoms with van der Waals surface area (Å²) in [5.74, 6) is 2.03. The van der Waals surface area contributed by atoms with E-state index in [1.54, 1.807) is 11.3 Å². The van der Waals surface area contributed by atoms with E-state index in [4.69, 9.17) is 28.3 Å². The van der Waals surface area contributed by atoms with Gasteiger partial charge in [0.1, 0.15) is 0 Å². The number of nitrogens with one attached hydrogen (secondary N) is 1. The van der Waals surface area contributed by atoms with E-state index < -0.39 is 0 Å². The van der Waals surface area contributed by atoms with E-state index in [1.807, 2.05) is 46.5 Å². The van der Waals surface area contributed by atoms with Gasteiger partial charge in [-0.3, -0.25) is 14.9 Å². The first-order valence-electron chi connectivity index (χ1n) is 10.3. The number of thiophene rings is 1. The summed E-state index contributed by atoms with van der Waals surface area (Å²) in [6, 6.07) is 11.5. The summed E-state index contributed by atoms with van der Waals surface area (Å²) in [6.07, 6.45) is 0. The molecule has 11 heteroatoms. The Balaban J connectivity index is 1.19. The zero-order chi connectivity index (χ0) is 22.1. The van der Waals surface area contributed by atoms with Crippen molar-refractivity contribution in [2.24, 2.45) is 0 Å². The molecule has 0 radical (unpaired) electrons. The lowest BCUT2D eigenvalue weighted by atomic mass is 10.2. The summed E-state index contributed by atoms with van der Waals surface area (Å²) in [5.41, 5.74) is 0.889. The molecule has 5 rings (SSSR count). The van der Waals surface area contributed by atoms with Crippen molar-refractivity contribution in [1.29, 1.82) is 0 Å². The molecule has 32 heavy (non-hydrogen) atoms. The number of piperazine rings is 1. The molecule has 8 nitrogen and oxygen atoms in total. The Labute approximate surface area is 199 Å². The highest BCUT2D eigenvalue weighted by Gasteiger charge is 2.26. The van der Waals surface area contributed by atoms with Crippen LogP contribution in [0, 0.1) is 4.77 Å². The molecule has 4 aromatic rings. The van der Waals surface area contributed by atoms with Crippen molar-refractivity contribution in [3.05, 3.63) is 57.5 Å². The molecule has 1 N–H and O–H groups in total. The van der Waals surface area contributed by atoms with Crippen molar-refractivity contribution in [1.82, 2.24) is 34.7 Å². The maximum absolute atomic E-state index is 5.97. The predicted molar refractivity (Wildman–Crippen MR) is 127 cm³/mol. The van der Waals surface area contributed by atoms with Crippen LogP contribution in [-0.2, 0) is 6.67 Å². The Bertz CT molecular complexity index is 1220. The van der Waals surface area contributed by atoms with E-state index in [0.29, 0.717) is 28.2 Å². The molecule has 166 valence electrons. The van der Waals surface area contributed by atoms with Crippen LogP contribution in [0.1, 0.15) is 18.9 Å². The number of aromatic amines is 1. The van der Waals surface area contributed by atoms with Gasteiger partial charge in [0.25, 0.3) is 0 Å². The van der Waals surface area contributed by atoms with E-state index in [2.05, 4.69) is 36.9 Å². The van der Waals surface area contributed by atoms with E-state index in [0.717, 1.165) is 42.4 Å². The second kappa shape index (κ2) is 9.24. The van der Waals surface area contributed by atoms with E-state index in [1.165, 1.54) is 0 Å². The van der Waals surface area contributed by atoms with Gasteiger partial charge >= 0.3 is 0 Å². The molecule has 1 fully saturated rings. The molecule has 3 aromatic heterocycles. The SMILES string of the molecule is C[C@H](c1nc(-c2ccc(Cl)cc2)no1)N1CCN(Cn2[nH]c(-c3cccs3)nc2=S)CC1. The van der Waals surface area contributed by atoms with Crippen LogP contribution >= 0.6 is 35.2 Å². The topological polar surface area (TPSA) is 79.0 Å². The Morgan fingerprint density at radius 1 is 1.16 bits per heavy atom. The quantitative estimate of drug-likeness (QED) is 0.394. The van der Waals surface area contributed by atoms with Crippen LogP contribution in [0.4, 0.5) is 0 Å². The Kier molecular flexibility index (Phi) is 6.20. The molecule has 0 aliphatic carbocycles. The third-order valence-electron chi connectivity index (χ3n) is 5.63. The summed E-state index contributed by atoms with van der Waals surface area (Å²) in [4.78, 5) is 14.9. The highest BCUT2D eigenvalue weighted by atomic mass is 35.5. The standard InChI is InChI=1S/C21H22ClN7OS2/c1-14(20-23-18(26-30-20)15-4-6-16(22)7-5-15)28-10-8-27(9-11-28)13-29-21(31)24-19(25-29)17-3-2-12-32-17/h2-7,12,14H,8-11,13H2,1H3,(H,24,25,31)/t14-/m1/s1. The second-order valence-electron chi connectivity index (χ2n) is 7.69. The molecule has 0 unspecified atom stereocenters. The van der Waals surface area contributed by atoms with Crippen LogP contribution in [0.5, 0.6) is 0 Å². The highest BCUT2D eigenvalue weighted by molar-refractivity contribution is 7.71. The van der Waals surface area contributed by atoms with Gasteiger partial charge in [0.2, 0.25) is 16.5 Å². The molecule has 1 aliphatic rings. The Hall–Kier alpha value is -2.37. The lowest BCUT2D eigenvalue weighted by Crippen LogP contribution is -2.47. The lowest BCUT2D eigenvalue weighted by Gasteiger charge is -2.36. The number of nitrogens with zero attached hydrogens (tertiary/aromatic N) is 6. The zero-order valence-electron chi connectivity index (χ0n) is 17.4. The van der Waals surface area contributed by atoms with Crippen LogP contribution in [0.3, 0.4) is 0 Å². The maximum atomic E-state index is 5.97. The number of hydrogen-bond donors (Lipinski definition) is 1. The average Bonchev–Trinajstić information content (AvgIpc) is 3.56. The minimum absolute atomic E-state index is 0.0467. The average molecular weight is 488 g/mol. The van der Waals surface area contributed by atoms with Crippen LogP contribution in [0.25, 0.3) is 22.1 Å². The molecule has 0 saturated carbocycles. The highest BCUT2D eigenvalue weighted by Crippen LogP contribution is 2.25. The first kappa shape index (κ1) is 21.5. The van der Waals surface area contributed by atoms with Crippen LogP contribution in [-0.4, -0.2) is 60.9 Å². The van der Waals surface area contributed by atoms with Gasteiger partial charge in [-0.15, -0.1) is 11.3 Å². The third kappa shape index (κ3) is 4.55. The molecule has 4 heterocycles. The predicted octanol–water partition coefficient (Wildman–Crippen LogP) is 4.71. The fourth-order valence-electron chi connectivity index (χ4n) is 3.75. The minimum Gasteiger partial charge on any atom is -0.337 e. The van der Waals surface area contributed by atoms with Gasteiger partial charge in [0.15, 0.2) is 5.82 Å². The maximum Gasteiger partial charge on any atom is 0.244 e. The van der Waals surface area contributed by atoms with Crippen LogP contribution in [0.2, 0.25) is 5.02 Å². The van der Waals surface area contributed by atoms with E-state index in [9.17, 15) is 0 Å². The second-order valence-corrected chi connectivity index (χ2v) is 9.44. The Morgan fingerprint density at radius 3 is 2.66 bits per heavy atom. The monoisotopic (exact) mass is 487 g/mol. The van der Waals surface area contributed by atoms with Gasteiger partial charge in [0.05, 0.1) is 17.6 Å². The van der Waals surface area contributed by atoms with Crippen LogP contribution in [0.15, 0.2) is 46.3 Å². The molecule has 1 saturated heterocycles. The van der Waals surface area contributed by atoms with Gasteiger partial charge in [0, 0.05) is 36.8 Å². The molecule has 1 atom stereocenters. The fourth-order valence-corrected chi connectivity index (χ4v) is 4.73. The molecular formula is C21H22ClN7OS2. The number of hydrogen-bond acceptors (Lipinski definition) is 8. The number of H-pyrrole nitrogens is 1. The molecular weight excluding hydrogens is 466 g/mol. The fraction of sp³-hybridized carbons (Fsp3) is 0.333. The lowest BCUT2D eigenvalue weighted by molar-refractivity contribution is 0.0685. The summed E-state index contributed by atoms with van der Waals surface area (Å²) in [7, 11) is 0. The van der Waals surface area contributed by atoms with Crippen molar-refractivity contribution >= 4 is 35.2 Å². The van der Waals surface area contributed by atoms with Crippen molar-refractivity contribution in [2.75, 3.05) is 26.2 Å². The first-order chi connectivity index (χ1) is 15.6. The smallest absolute Gasteiger partial charge is 0.244 e. The van der Waals surface area contributed by atoms with E-state index >= 15 is 0 Å². The number of halogens is 1. The minimum atomic E-state index is 0.0467. The molecule has 1 aliphatic heterocycles. The Morgan fingerprint density at radius 2 is 1.94 bits per heavy atom. The first-order valence-corrected chi connectivity index (χ1v) is 12.0. The molecule has 0 amide bonds. The molecule has 1 aromatic carbocycles. The van der Waals surface area contributed by atoms with Gasteiger partial charge in [-0.2, -0.15) is 9.97 Å². The summed E-state index contributed by atoms with van der Waals surface area (Å²) in [6.45, 7) is 6.43. The third-order valence-corrected chi connectivity index (χ3v) is 7.07. The number of benzene rings is 1. The number of aromatic nitrogens is 5. The van der Waals surface area contributed by atoms with Crippen molar-refractivity contribution < 1.29 is 4.52 Å². The van der Waals surface area contributed by atoms with Gasteiger partial charge < -0.3 is 4.52 Å². The van der Waals surface area contributed by atoms with Crippen molar-refractivity contribution in [2.45, 2.75) is 19.6 Å². The molecule has 0 bridgehead atoms. The van der Waals surface area contributed by atoms with Crippen molar-refractivity contribution in [3.8, 4) is 22.1 Å². The summed E-state index contributed by atoms with van der Waals surface area (Å²) < 4.78 is 8.07. The normalized spacial score (nSPS) is 16.4. The van der Waals surface area contributed by atoms with Gasteiger partial charge in [-0.05, 0) is 54.9 Å². The largest absolute Gasteiger partial charge is 0.337 e. The summed E-state index contributed by atoms with van der Waals surface area (Å²) >= 11 is 13.1. The summed E-state index contributed by atoms with van der Waals surface area (Å²) in [5, 5.41) is 10.2. The number of rotatable bonds is 6. The van der Waals surface area contributed by atoms with E-state index in [-0.39, 0.29) is 6.04 Å². The van der Waals surface area contributed by atoms with Crippen LogP contribution < -0.4 is 0 Å². The zero-order valence-corrected chi connectivity index (χ0v) is 19.8. The molecule has 0 spiro atoms. The van der Waals surface area contributed by atoms with Crippen molar-refractivity contribution in [3.63, 3.8) is 0 Å². The van der Waals surface area contributed by atoms with Gasteiger partial charge in [-0.1, -0.05) is 22.8 Å². The van der Waals surface area contributed by atoms with Gasteiger partial charge in [-0.25, -0.2) is 4.68 Å².